The van der Waals surface area contributed by atoms with Crippen molar-refractivity contribution >= 4 is 15.9 Å². The van der Waals surface area contributed by atoms with Crippen LogP contribution in [0.15, 0.2) is 0 Å². The van der Waals surface area contributed by atoms with Crippen molar-refractivity contribution in [1.82, 2.24) is 0 Å². The summed E-state index contributed by atoms with van der Waals surface area (Å²) in [6.45, 7) is -1.92. The lowest BCUT2D eigenvalue weighted by molar-refractivity contribution is -0.383. The van der Waals surface area contributed by atoms with Crippen LogP contribution in [0.4, 0.5) is 0 Å². The van der Waals surface area contributed by atoms with E-state index in [-0.39, 0.29) is 6.61 Å². The van der Waals surface area contributed by atoms with Gasteiger partial charge in [-0.1, -0.05) is 0 Å². The zero-order chi connectivity index (χ0) is 18.8. The van der Waals surface area contributed by atoms with Crippen LogP contribution in [0.3, 0.4) is 0 Å². The van der Waals surface area contributed by atoms with Gasteiger partial charge in [0.05, 0.1) is 6.61 Å². The Labute approximate surface area is 149 Å². The maximum Gasteiger partial charge on any atom is 0.647 e. The monoisotopic (exact) mass is 386 g/mol. The molecule has 25 heavy (non-hydrogen) atoms. The van der Waals surface area contributed by atoms with Crippen molar-refractivity contribution in [3.63, 3.8) is 0 Å². The molecule has 2 rings (SSSR count). The van der Waals surface area contributed by atoms with Crippen molar-refractivity contribution in [2.75, 3.05) is 19.8 Å². The molecule has 0 spiro atoms. The standard InChI is InChI=1S/C12H21O11.Al.H2O.H/c13-1-4-6(16)8(18)9(19)11(21-4)23-12(3-15)10(20)7(17)5(2-14)22-12;;;/h4-11,14-20H,1-3H2;;1H2;/q-1;+2;;/p-1/t4-,5-,6-,7-,8+,9-,10+,11-,12+;;;/m1.../s1. The van der Waals surface area contributed by atoms with Gasteiger partial charge in [0.2, 0.25) is 5.79 Å². The van der Waals surface area contributed by atoms with Gasteiger partial charge >= 0.3 is 15.9 Å². The second-order valence-corrected chi connectivity index (χ2v) is 6.54. The second-order valence-electron chi connectivity index (χ2n) is 5.88. The zero-order valence-corrected chi connectivity index (χ0v) is 14.6. The average Bonchev–Trinajstić information content (AvgIpc) is 2.86. The van der Waals surface area contributed by atoms with Crippen LogP contribution in [0, 0.1) is 0 Å². The molecule has 2 aliphatic rings. The molecule has 0 bridgehead atoms. The van der Waals surface area contributed by atoms with E-state index in [0.29, 0.717) is 0 Å². The van der Waals surface area contributed by atoms with Crippen LogP contribution in [0.25, 0.3) is 0 Å². The van der Waals surface area contributed by atoms with Crippen molar-refractivity contribution < 1.29 is 57.9 Å². The molecule has 0 aromatic carbocycles. The van der Waals surface area contributed by atoms with Gasteiger partial charge in [-0.3, -0.25) is 0 Å². The highest BCUT2D eigenvalue weighted by atomic mass is 27.2. The molecule has 146 valence electrons. The van der Waals surface area contributed by atoms with E-state index in [2.05, 4.69) is 0 Å². The number of hydrogen-bond acceptors (Lipinski definition) is 12. The molecular weight excluding hydrogens is 363 g/mol. The first kappa shape index (κ1) is 21.4. The van der Waals surface area contributed by atoms with Gasteiger partial charge in [0, 0.05) is 6.61 Å². The highest BCUT2D eigenvalue weighted by Gasteiger charge is 2.58. The summed E-state index contributed by atoms with van der Waals surface area (Å²) in [5.41, 5.74) is 0. The highest BCUT2D eigenvalue weighted by molar-refractivity contribution is 6.15. The molecule has 0 radical (unpaired) electrons. The molecule has 0 aliphatic carbocycles. The van der Waals surface area contributed by atoms with Crippen molar-refractivity contribution in [2.24, 2.45) is 0 Å². The van der Waals surface area contributed by atoms with Crippen LogP contribution in [-0.4, -0.2) is 130 Å². The van der Waals surface area contributed by atoms with Crippen molar-refractivity contribution in [2.45, 2.75) is 54.8 Å². The first-order valence-electron chi connectivity index (χ1n) is 7.63. The Kier molecular flexibility index (Phi) is 7.54. The van der Waals surface area contributed by atoms with E-state index in [4.69, 9.17) is 27.3 Å². The molecule has 0 aromatic rings. The van der Waals surface area contributed by atoms with E-state index >= 15 is 0 Å². The van der Waals surface area contributed by atoms with E-state index in [0.717, 1.165) is 0 Å². The molecule has 9 atom stereocenters. The topological polar surface area (TPSA) is 199 Å². The van der Waals surface area contributed by atoms with Crippen molar-refractivity contribution in [1.29, 1.82) is 0 Å². The summed E-state index contributed by atoms with van der Waals surface area (Å²) in [5.74, 6) is -2.22. The van der Waals surface area contributed by atoms with Crippen molar-refractivity contribution in [3.8, 4) is 0 Å². The van der Waals surface area contributed by atoms with Gasteiger partial charge in [-0.05, 0) is 0 Å². The lowest BCUT2D eigenvalue weighted by Gasteiger charge is -2.43. The highest BCUT2D eigenvalue weighted by Crippen LogP contribution is 2.35. The number of rotatable bonds is 7. The van der Waals surface area contributed by atoms with Gasteiger partial charge < -0.3 is 57.9 Å². The number of hydrogen-bond donors (Lipinski definition) is 8. The number of ether oxygens (including phenoxy) is 3. The van der Waals surface area contributed by atoms with E-state index in [9.17, 15) is 30.6 Å². The zero-order valence-electron chi connectivity index (χ0n) is 13.2. The Bertz CT molecular complexity index is 429. The Balaban J connectivity index is 2.15. The quantitative estimate of drug-likeness (QED) is 0.193. The van der Waals surface area contributed by atoms with E-state index < -0.39 is 83.9 Å². The predicted molar refractivity (Wildman–Crippen MR) is 76.9 cm³/mol. The largest absolute Gasteiger partial charge is 0.647 e. The minimum absolute atomic E-state index is 0.287. The Morgan fingerprint density at radius 3 is 2.12 bits per heavy atom. The normalized spacial score (nSPS) is 47.8. The third kappa shape index (κ3) is 4.16. The summed E-state index contributed by atoms with van der Waals surface area (Å²) in [5, 5.41) is 68.4. The molecule has 12 nitrogen and oxygen atoms in total. The van der Waals surface area contributed by atoms with Gasteiger partial charge in [-0.2, -0.15) is 0 Å². The molecule has 2 fully saturated rings. The molecule has 2 aliphatic heterocycles. The predicted octanol–water partition coefficient (Wildman–Crippen LogP) is -6.11. The van der Waals surface area contributed by atoms with Gasteiger partial charge in [0.25, 0.3) is 0 Å². The molecule has 0 unspecified atom stereocenters. The van der Waals surface area contributed by atoms with Gasteiger partial charge in [0.1, 0.15) is 49.3 Å². The molecule has 0 amide bonds. The summed E-state index contributed by atoms with van der Waals surface area (Å²) in [7, 11) is 0. The Morgan fingerprint density at radius 2 is 1.60 bits per heavy atom. The first-order chi connectivity index (χ1) is 11.8. The molecule has 2 heterocycles. The molecule has 8 N–H and O–H groups in total. The van der Waals surface area contributed by atoms with Crippen LogP contribution in [0.2, 0.25) is 0 Å². The summed E-state index contributed by atoms with van der Waals surface area (Å²) in [6, 6.07) is 0. The summed E-state index contributed by atoms with van der Waals surface area (Å²) in [6.07, 6.45) is -12.5. The van der Waals surface area contributed by atoms with Gasteiger partial charge in [-0.25, -0.2) is 0 Å². The molecule has 0 aromatic heterocycles. The van der Waals surface area contributed by atoms with Gasteiger partial charge in [0.15, 0.2) is 6.29 Å². The smallest absolute Gasteiger partial charge is 0.496 e. The Hall–Kier alpha value is 0.0525. The first-order valence-corrected chi connectivity index (χ1v) is 8.84. The van der Waals surface area contributed by atoms with E-state index in [1.54, 1.807) is 0 Å². The Morgan fingerprint density at radius 1 is 0.920 bits per heavy atom. The summed E-state index contributed by atoms with van der Waals surface area (Å²) in [4.78, 5) is 0. The summed E-state index contributed by atoms with van der Waals surface area (Å²) >= 11 is -1.80. The fourth-order valence-electron chi connectivity index (χ4n) is 2.79. The molecular formula is C12H23AlO12. The van der Waals surface area contributed by atoms with Crippen LogP contribution in [0.1, 0.15) is 0 Å². The van der Waals surface area contributed by atoms with Crippen molar-refractivity contribution in [3.05, 3.63) is 0 Å². The minimum atomic E-state index is -2.22. The van der Waals surface area contributed by atoms with E-state index in [1.165, 1.54) is 0 Å². The van der Waals surface area contributed by atoms with E-state index in [1.807, 2.05) is 0 Å². The average molecular weight is 386 g/mol. The maximum absolute atomic E-state index is 10.1. The molecule has 13 heteroatoms. The third-order valence-electron chi connectivity index (χ3n) is 4.26. The number of aliphatic hydroxyl groups is 7. The van der Waals surface area contributed by atoms with Crippen LogP contribution in [0.5, 0.6) is 0 Å². The van der Waals surface area contributed by atoms with Crippen LogP contribution in [-0.2, 0) is 18.0 Å². The summed E-state index contributed by atoms with van der Waals surface area (Å²) < 4.78 is 29.4. The van der Waals surface area contributed by atoms with Crippen LogP contribution < -0.4 is 0 Å². The fourth-order valence-corrected chi connectivity index (χ4v) is 3.12. The molecule has 0 saturated carbocycles. The third-order valence-corrected chi connectivity index (χ3v) is 4.68. The SMILES string of the molecule is OC[C@H]1O[C@@](CO)(O[C@H]2O[C@H](C[O][AlH][OH])[C@@H](O)[C@H](O)[C@H]2O)[C@@H](O)[C@@H]1O. The van der Waals surface area contributed by atoms with Crippen LogP contribution >= 0.6 is 0 Å². The minimum Gasteiger partial charge on any atom is -0.496 e. The maximum atomic E-state index is 10.1. The number of aliphatic hydroxyl groups excluding tert-OH is 7. The molecule has 2 saturated heterocycles. The fraction of sp³-hybridized carbons (Fsp3) is 1.00. The van der Waals surface area contributed by atoms with Gasteiger partial charge in [-0.15, -0.1) is 0 Å². The lowest BCUT2D eigenvalue weighted by atomic mass is 9.99. The lowest BCUT2D eigenvalue weighted by Crippen LogP contribution is -2.62. The second kappa shape index (κ2) is 8.83.